The van der Waals surface area contributed by atoms with Crippen LogP contribution >= 0.6 is 12.4 Å². The molecule has 0 radical (unpaired) electrons. The van der Waals surface area contributed by atoms with Gasteiger partial charge in [-0.1, -0.05) is 0 Å². The zero-order valence-corrected chi connectivity index (χ0v) is 15.7. The summed E-state index contributed by atoms with van der Waals surface area (Å²) >= 11 is 0. The molecule has 0 aliphatic carbocycles. The first-order chi connectivity index (χ1) is 12.1. The Labute approximate surface area is 160 Å². The van der Waals surface area contributed by atoms with Gasteiger partial charge in [-0.15, -0.1) is 12.4 Å². The van der Waals surface area contributed by atoms with E-state index in [1.165, 1.54) is 18.6 Å². The quantitative estimate of drug-likeness (QED) is 0.821. The van der Waals surface area contributed by atoms with E-state index in [2.05, 4.69) is 10.6 Å². The summed E-state index contributed by atoms with van der Waals surface area (Å²) in [5.41, 5.74) is 0.607. The van der Waals surface area contributed by atoms with Gasteiger partial charge in [-0.05, 0) is 69.0 Å². The predicted octanol–water partition coefficient (Wildman–Crippen LogP) is 2.81. The van der Waals surface area contributed by atoms with E-state index in [1.54, 1.807) is 12.1 Å². The van der Waals surface area contributed by atoms with Gasteiger partial charge in [-0.3, -0.25) is 9.59 Å². The fraction of sp³-hybridized carbons (Fsp3) is 0.579. The van der Waals surface area contributed by atoms with Crippen LogP contribution < -0.4 is 10.6 Å². The molecule has 5 nitrogen and oxygen atoms in total. The van der Waals surface area contributed by atoms with Gasteiger partial charge < -0.3 is 15.5 Å². The molecule has 2 fully saturated rings. The molecule has 2 N–H and O–H groups in total. The zero-order valence-electron chi connectivity index (χ0n) is 14.9. The van der Waals surface area contributed by atoms with Crippen molar-refractivity contribution in [3.63, 3.8) is 0 Å². The van der Waals surface area contributed by atoms with E-state index < -0.39 is 0 Å². The van der Waals surface area contributed by atoms with Gasteiger partial charge in [0, 0.05) is 31.1 Å². The molecule has 2 aliphatic heterocycles. The highest BCUT2D eigenvalue weighted by Crippen LogP contribution is 2.22. The molecule has 1 unspecified atom stereocenters. The molecule has 1 aromatic carbocycles. The molecule has 0 saturated carbocycles. The third-order valence-electron chi connectivity index (χ3n) is 5.26. The first-order valence-electron chi connectivity index (χ1n) is 9.17. The summed E-state index contributed by atoms with van der Waals surface area (Å²) in [7, 11) is 0. The molecular weight excluding hydrogens is 357 g/mol. The number of nitrogens with one attached hydrogen (secondary N) is 2. The highest BCUT2D eigenvalue weighted by molar-refractivity contribution is 5.92. The molecule has 0 spiro atoms. The summed E-state index contributed by atoms with van der Waals surface area (Å²) < 4.78 is 12.9. The molecule has 144 valence electrons. The summed E-state index contributed by atoms with van der Waals surface area (Å²) in [5.74, 6) is 0.384. The number of hydrogen-bond acceptors (Lipinski definition) is 3. The fourth-order valence-electron chi connectivity index (χ4n) is 3.62. The maximum absolute atomic E-state index is 12.9. The molecule has 0 bridgehead atoms. The maximum atomic E-state index is 12.9. The van der Waals surface area contributed by atoms with Gasteiger partial charge in [0.1, 0.15) is 5.82 Å². The maximum Gasteiger partial charge on any atom is 0.227 e. The predicted molar refractivity (Wildman–Crippen MR) is 102 cm³/mol. The number of hydrogen-bond donors (Lipinski definition) is 2. The summed E-state index contributed by atoms with van der Waals surface area (Å²) in [4.78, 5) is 26.5. The van der Waals surface area contributed by atoms with Crippen molar-refractivity contribution in [1.82, 2.24) is 10.2 Å². The largest absolute Gasteiger partial charge is 0.343 e. The lowest BCUT2D eigenvalue weighted by atomic mass is 9.95. The molecule has 2 aliphatic rings. The molecule has 26 heavy (non-hydrogen) atoms. The number of rotatable bonds is 5. The van der Waals surface area contributed by atoms with Crippen molar-refractivity contribution in [1.29, 1.82) is 0 Å². The van der Waals surface area contributed by atoms with Crippen molar-refractivity contribution in [3.8, 4) is 0 Å². The van der Waals surface area contributed by atoms with Crippen LogP contribution in [0.2, 0.25) is 0 Å². The molecule has 2 amide bonds. The van der Waals surface area contributed by atoms with Crippen molar-refractivity contribution >= 4 is 29.9 Å². The lowest BCUT2D eigenvalue weighted by Crippen LogP contribution is -2.41. The molecule has 2 heterocycles. The van der Waals surface area contributed by atoms with Crippen LogP contribution in [0.15, 0.2) is 24.3 Å². The Morgan fingerprint density at radius 1 is 1.15 bits per heavy atom. The summed E-state index contributed by atoms with van der Waals surface area (Å²) in [6, 6.07) is 5.78. The smallest absolute Gasteiger partial charge is 0.227 e. The number of piperidine rings is 1. The Kier molecular flexibility index (Phi) is 7.85. The van der Waals surface area contributed by atoms with Gasteiger partial charge in [-0.2, -0.15) is 0 Å². The van der Waals surface area contributed by atoms with Gasteiger partial charge in [0.2, 0.25) is 11.8 Å². The van der Waals surface area contributed by atoms with E-state index >= 15 is 0 Å². The van der Waals surface area contributed by atoms with Crippen LogP contribution in [0.5, 0.6) is 0 Å². The van der Waals surface area contributed by atoms with Gasteiger partial charge >= 0.3 is 0 Å². The van der Waals surface area contributed by atoms with Gasteiger partial charge in [0.25, 0.3) is 0 Å². The zero-order chi connectivity index (χ0) is 17.6. The lowest BCUT2D eigenvalue weighted by Gasteiger charge is -2.31. The van der Waals surface area contributed by atoms with E-state index in [9.17, 15) is 14.0 Å². The van der Waals surface area contributed by atoms with Crippen LogP contribution in [0.4, 0.5) is 10.1 Å². The molecule has 2 saturated heterocycles. The number of amides is 2. The standard InChI is InChI=1S/C19H26FN3O2.ClH/c20-16-2-4-17(5-3-16)22-19(25)15-8-11-23(12-9-15)18(24)6-1-14-7-10-21-13-14;/h2-5,14-15,21H,1,6-13H2,(H,22,25);1H. The first kappa shape index (κ1) is 20.6. The molecular formula is C19H27ClFN3O2. The number of halogens is 2. The third-order valence-corrected chi connectivity index (χ3v) is 5.26. The minimum Gasteiger partial charge on any atom is -0.343 e. The number of carbonyl (C=O) groups is 2. The van der Waals surface area contributed by atoms with Crippen LogP contribution in [-0.4, -0.2) is 42.9 Å². The lowest BCUT2D eigenvalue weighted by molar-refractivity contribution is -0.134. The monoisotopic (exact) mass is 383 g/mol. The summed E-state index contributed by atoms with van der Waals surface area (Å²) in [6.07, 6.45) is 4.10. The Hall–Kier alpha value is -1.66. The van der Waals surface area contributed by atoms with Crippen molar-refractivity contribution < 1.29 is 14.0 Å². The van der Waals surface area contributed by atoms with E-state index in [4.69, 9.17) is 0 Å². The molecule has 0 aromatic heterocycles. The summed E-state index contributed by atoms with van der Waals surface area (Å²) in [5, 5.41) is 6.16. The Bertz CT molecular complexity index is 597. The second-order valence-electron chi connectivity index (χ2n) is 7.05. The number of benzene rings is 1. The van der Waals surface area contributed by atoms with Crippen molar-refractivity contribution in [2.45, 2.75) is 32.1 Å². The average molecular weight is 384 g/mol. The average Bonchev–Trinajstić information content (AvgIpc) is 3.15. The van der Waals surface area contributed by atoms with Gasteiger partial charge in [0.15, 0.2) is 0 Å². The number of likely N-dealkylation sites (tertiary alicyclic amines) is 1. The number of nitrogens with zero attached hydrogens (tertiary/aromatic N) is 1. The van der Waals surface area contributed by atoms with Crippen molar-refractivity contribution in [3.05, 3.63) is 30.1 Å². The minimum atomic E-state index is -0.321. The Morgan fingerprint density at radius 2 is 1.85 bits per heavy atom. The van der Waals surface area contributed by atoms with Crippen LogP contribution in [0.25, 0.3) is 0 Å². The van der Waals surface area contributed by atoms with Crippen LogP contribution in [0, 0.1) is 17.7 Å². The SMILES string of the molecule is Cl.O=C(Nc1ccc(F)cc1)C1CCN(C(=O)CCC2CCNC2)CC1. The van der Waals surface area contributed by atoms with Crippen molar-refractivity contribution in [2.75, 3.05) is 31.5 Å². The molecule has 1 aromatic rings. The number of carbonyl (C=O) groups excluding carboxylic acids is 2. The number of anilines is 1. The topological polar surface area (TPSA) is 61.4 Å². The summed E-state index contributed by atoms with van der Waals surface area (Å²) in [6.45, 7) is 3.37. The Balaban J connectivity index is 0.00000243. The first-order valence-corrected chi connectivity index (χ1v) is 9.17. The fourth-order valence-corrected chi connectivity index (χ4v) is 3.62. The third kappa shape index (κ3) is 5.68. The normalized spacial score (nSPS) is 20.5. The van der Waals surface area contributed by atoms with Crippen LogP contribution in [-0.2, 0) is 9.59 Å². The second-order valence-corrected chi connectivity index (χ2v) is 7.05. The van der Waals surface area contributed by atoms with E-state index in [0.29, 0.717) is 44.0 Å². The molecule has 1 atom stereocenters. The Morgan fingerprint density at radius 3 is 2.46 bits per heavy atom. The van der Waals surface area contributed by atoms with E-state index in [1.807, 2.05) is 4.90 Å². The van der Waals surface area contributed by atoms with Crippen LogP contribution in [0.3, 0.4) is 0 Å². The molecule has 3 rings (SSSR count). The van der Waals surface area contributed by atoms with E-state index in [0.717, 1.165) is 19.5 Å². The van der Waals surface area contributed by atoms with Gasteiger partial charge in [-0.25, -0.2) is 4.39 Å². The van der Waals surface area contributed by atoms with Gasteiger partial charge in [0.05, 0.1) is 0 Å². The highest BCUT2D eigenvalue weighted by atomic mass is 35.5. The molecule has 7 heteroatoms. The van der Waals surface area contributed by atoms with Crippen LogP contribution in [0.1, 0.15) is 32.1 Å². The minimum absolute atomic E-state index is 0. The van der Waals surface area contributed by atoms with E-state index in [-0.39, 0.29) is 36.0 Å². The van der Waals surface area contributed by atoms with Crippen molar-refractivity contribution in [2.24, 2.45) is 11.8 Å². The highest BCUT2D eigenvalue weighted by Gasteiger charge is 2.27. The second kappa shape index (κ2) is 9.88.